The Balaban J connectivity index is 3.06. The van der Waals surface area contributed by atoms with Gasteiger partial charge in [0, 0.05) is 41.8 Å². The third kappa shape index (κ3) is 9.34. The summed E-state index contributed by atoms with van der Waals surface area (Å²) in [4.78, 5) is 28.3. The van der Waals surface area contributed by atoms with Gasteiger partial charge in [0.1, 0.15) is 5.69 Å². The molecule has 0 aliphatic rings. The molecule has 0 saturated heterocycles. The van der Waals surface area contributed by atoms with Crippen LogP contribution in [-0.2, 0) is 10.3 Å². The van der Waals surface area contributed by atoms with Crippen LogP contribution in [0.4, 0.5) is 0 Å². The summed E-state index contributed by atoms with van der Waals surface area (Å²) in [6.45, 7) is 30.1. The Labute approximate surface area is 231 Å². The summed E-state index contributed by atoms with van der Waals surface area (Å²) >= 11 is 0. The average Bonchev–Trinajstić information content (AvgIpc) is 3.30. The summed E-state index contributed by atoms with van der Waals surface area (Å²) in [5, 5.41) is 4.41. The van der Waals surface area contributed by atoms with Crippen LogP contribution in [0.25, 0.3) is 0 Å². The van der Waals surface area contributed by atoms with Crippen LogP contribution >= 0.6 is 0 Å². The van der Waals surface area contributed by atoms with E-state index in [-0.39, 0.29) is 28.2 Å². The second-order valence-electron chi connectivity index (χ2n) is 12.5. The molecule has 0 bridgehead atoms. The van der Waals surface area contributed by atoms with E-state index >= 15 is 0 Å². The number of hydrogen-bond donors (Lipinski definition) is 2. The molecule has 0 aliphatic carbocycles. The van der Waals surface area contributed by atoms with Crippen molar-refractivity contribution in [1.29, 1.82) is 0 Å². The van der Waals surface area contributed by atoms with Gasteiger partial charge in [-0.15, -0.1) is 0 Å². The fourth-order valence-electron chi connectivity index (χ4n) is 5.33. The highest BCUT2D eigenvalue weighted by Gasteiger charge is 2.32. The zero-order chi connectivity index (χ0) is 29.3. The highest BCUT2D eigenvalue weighted by molar-refractivity contribution is 6.06. The molecule has 1 amide bonds. The number of nitrogens with zero attached hydrogens (tertiary/aromatic N) is 3. The van der Waals surface area contributed by atoms with Crippen molar-refractivity contribution in [3.8, 4) is 0 Å². The van der Waals surface area contributed by atoms with Gasteiger partial charge in [0.15, 0.2) is 5.78 Å². The van der Waals surface area contributed by atoms with Gasteiger partial charge < -0.3 is 10.3 Å². The van der Waals surface area contributed by atoms with Crippen LogP contribution in [0.15, 0.2) is 61.1 Å². The molecule has 0 aliphatic heterocycles. The van der Waals surface area contributed by atoms with Crippen LogP contribution < -0.4 is 10.9 Å². The maximum absolute atomic E-state index is 13.1. The van der Waals surface area contributed by atoms with Gasteiger partial charge in [-0.2, -0.15) is 5.10 Å². The Morgan fingerprint density at radius 2 is 1.74 bits per heavy atom. The molecule has 7 heteroatoms. The molecule has 38 heavy (non-hydrogen) atoms. The molecule has 1 aromatic heterocycles. The lowest BCUT2D eigenvalue weighted by Gasteiger charge is -2.44. The smallest absolute Gasteiger partial charge is 0.287 e. The Hall–Kier alpha value is -3.09. The molecule has 1 rings (SSSR count). The molecule has 1 atom stereocenters. The molecule has 0 fully saturated rings. The second kappa shape index (κ2) is 13.6. The minimum atomic E-state index is -0.338. The van der Waals surface area contributed by atoms with E-state index in [0.717, 1.165) is 31.5 Å². The van der Waals surface area contributed by atoms with Gasteiger partial charge in [-0.1, -0.05) is 60.3 Å². The topological polar surface area (TPSA) is 79.3 Å². The van der Waals surface area contributed by atoms with Crippen LogP contribution in [0.5, 0.6) is 0 Å². The third-order valence-corrected chi connectivity index (χ3v) is 6.72. The number of hydrogen-bond acceptors (Lipinski definition) is 5. The number of amides is 1. The summed E-state index contributed by atoms with van der Waals surface area (Å²) in [6, 6.07) is 1.69. The molecule has 212 valence electrons. The SMILES string of the molecule is C=CC(=CNNC(=O)c1ccnn1C(C)(C)CC(C)CC)C(=O)/C=C(\C=C)N(CC)C(C)(C)CC(C)(C)C. The van der Waals surface area contributed by atoms with Crippen LogP contribution in [0.1, 0.15) is 99.0 Å². The third-order valence-electron chi connectivity index (χ3n) is 6.72. The van der Waals surface area contributed by atoms with Gasteiger partial charge in [-0.3, -0.25) is 19.7 Å². The Kier molecular flexibility index (Phi) is 11.8. The molecule has 7 nitrogen and oxygen atoms in total. The lowest BCUT2D eigenvalue weighted by Crippen LogP contribution is -2.45. The minimum Gasteiger partial charge on any atom is -0.367 e. The fourth-order valence-corrected chi connectivity index (χ4v) is 5.33. The van der Waals surface area contributed by atoms with Crippen LogP contribution in [0.3, 0.4) is 0 Å². The molecule has 0 saturated carbocycles. The molecule has 0 radical (unpaired) electrons. The van der Waals surface area contributed by atoms with Crippen molar-refractivity contribution in [3.63, 3.8) is 0 Å². The number of aromatic nitrogens is 2. The first-order valence-corrected chi connectivity index (χ1v) is 13.6. The number of allylic oxidation sites excluding steroid dienone is 4. The lowest BCUT2D eigenvalue weighted by atomic mass is 9.80. The van der Waals surface area contributed by atoms with Gasteiger partial charge in [0.25, 0.3) is 5.91 Å². The van der Waals surface area contributed by atoms with Crippen molar-refractivity contribution < 1.29 is 9.59 Å². The summed E-state index contributed by atoms with van der Waals surface area (Å²) in [6.07, 6.45) is 10.7. The number of hydrazine groups is 1. The van der Waals surface area contributed by atoms with Crippen molar-refractivity contribution in [3.05, 3.63) is 66.8 Å². The van der Waals surface area contributed by atoms with Crippen molar-refractivity contribution in [2.24, 2.45) is 11.3 Å². The number of rotatable bonds is 15. The Morgan fingerprint density at radius 1 is 1.11 bits per heavy atom. The number of carbonyl (C=O) groups is 2. The van der Waals surface area contributed by atoms with Gasteiger partial charge in [-0.25, -0.2) is 0 Å². The molecule has 1 unspecified atom stereocenters. The predicted molar refractivity (Wildman–Crippen MR) is 158 cm³/mol. The normalized spacial score (nSPS) is 14.1. The highest BCUT2D eigenvalue weighted by atomic mass is 16.2. The highest BCUT2D eigenvalue weighted by Crippen LogP contribution is 2.33. The molecule has 0 aromatic carbocycles. The summed E-state index contributed by atoms with van der Waals surface area (Å²) < 4.78 is 1.76. The van der Waals surface area contributed by atoms with E-state index in [4.69, 9.17) is 0 Å². The largest absolute Gasteiger partial charge is 0.367 e. The number of ketones is 1. The van der Waals surface area contributed by atoms with Crippen molar-refractivity contribution in [1.82, 2.24) is 25.5 Å². The van der Waals surface area contributed by atoms with E-state index in [9.17, 15) is 9.59 Å². The first-order chi connectivity index (χ1) is 17.5. The van der Waals surface area contributed by atoms with Crippen molar-refractivity contribution >= 4 is 11.7 Å². The van der Waals surface area contributed by atoms with Gasteiger partial charge >= 0.3 is 0 Å². The first kappa shape index (κ1) is 32.9. The van der Waals surface area contributed by atoms with E-state index < -0.39 is 0 Å². The molecular weight excluding hydrogens is 474 g/mol. The quantitative estimate of drug-likeness (QED) is 0.155. The number of carbonyl (C=O) groups excluding carboxylic acids is 2. The number of likely N-dealkylation sites (N-methyl/N-ethyl adjacent to an activating group) is 1. The van der Waals surface area contributed by atoms with Gasteiger partial charge in [0.2, 0.25) is 0 Å². The fraction of sp³-hybridized carbons (Fsp3) is 0.581. The Morgan fingerprint density at radius 3 is 2.24 bits per heavy atom. The second-order valence-corrected chi connectivity index (χ2v) is 12.5. The van der Waals surface area contributed by atoms with E-state index in [0.29, 0.717) is 17.2 Å². The molecule has 1 aromatic rings. The zero-order valence-electron chi connectivity index (χ0n) is 25.4. The van der Waals surface area contributed by atoms with Crippen LogP contribution in [-0.4, -0.2) is 38.5 Å². The van der Waals surface area contributed by atoms with Crippen molar-refractivity contribution in [2.45, 2.75) is 99.6 Å². The average molecular weight is 526 g/mol. The summed E-state index contributed by atoms with van der Waals surface area (Å²) in [5.41, 5.74) is 6.57. The summed E-state index contributed by atoms with van der Waals surface area (Å²) in [7, 11) is 0. The number of nitrogens with one attached hydrogen (secondary N) is 2. The molecular formula is C31H51N5O2. The van der Waals surface area contributed by atoms with Gasteiger partial charge in [0.05, 0.1) is 5.54 Å². The van der Waals surface area contributed by atoms with Crippen LogP contribution in [0.2, 0.25) is 0 Å². The molecule has 1 heterocycles. The minimum absolute atomic E-state index is 0.125. The first-order valence-electron chi connectivity index (χ1n) is 13.6. The van der Waals surface area contributed by atoms with E-state index in [1.54, 1.807) is 29.1 Å². The van der Waals surface area contributed by atoms with Gasteiger partial charge in [-0.05, 0) is 70.9 Å². The molecule has 0 spiro atoms. The summed E-state index contributed by atoms with van der Waals surface area (Å²) in [5.74, 6) is -0.0693. The maximum Gasteiger partial charge on any atom is 0.287 e. The van der Waals surface area contributed by atoms with Crippen LogP contribution in [0, 0.1) is 11.3 Å². The monoisotopic (exact) mass is 525 g/mol. The van der Waals surface area contributed by atoms with E-state index in [2.05, 4.69) is 103 Å². The zero-order valence-corrected chi connectivity index (χ0v) is 25.4. The van der Waals surface area contributed by atoms with E-state index in [1.165, 1.54) is 12.3 Å². The maximum atomic E-state index is 13.1. The lowest BCUT2D eigenvalue weighted by molar-refractivity contribution is -0.111. The predicted octanol–water partition coefficient (Wildman–Crippen LogP) is 6.53. The van der Waals surface area contributed by atoms with E-state index in [1.807, 2.05) is 0 Å². The standard InChI is InChI=1S/C31H51N5O2/c1-13-23(5)20-30(9,10)36-26(17-18-33-36)28(38)34-32-21-24(14-2)27(37)19-25(15-3)35(16-4)31(11,12)22-29(6,7)8/h14-15,17-19,21,23,32H,2-3,13,16,20,22H2,1,4-12H3,(H,34,38)/b24-21?,25-19+. The Bertz CT molecular complexity index is 1040. The van der Waals surface area contributed by atoms with Crippen molar-refractivity contribution in [2.75, 3.05) is 6.54 Å². The molecule has 2 N–H and O–H groups in total.